The second-order valence-electron chi connectivity index (χ2n) is 3.08. The van der Waals surface area contributed by atoms with Gasteiger partial charge in [0.25, 0.3) is 0 Å². The average Bonchev–Trinajstić information content (AvgIpc) is 2.32. The van der Waals surface area contributed by atoms with Gasteiger partial charge >= 0.3 is 0 Å². The van der Waals surface area contributed by atoms with Gasteiger partial charge in [-0.25, -0.2) is 0 Å². The Balaban J connectivity index is 0.00000106. The van der Waals surface area contributed by atoms with Gasteiger partial charge in [0.05, 0.1) is 0 Å². The van der Waals surface area contributed by atoms with E-state index in [1.165, 1.54) is 11.1 Å². The molecule has 0 nitrogen and oxygen atoms in total. The third-order valence-electron chi connectivity index (χ3n) is 1.93. The van der Waals surface area contributed by atoms with Gasteiger partial charge in [0.15, 0.2) is 0 Å². The van der Waals surface area contributed by atoms with Gasteiger partial charge in [-0.05, 0) is 36.6 Å². The average molecular weight is 237 g/mol. The SMILES string of the molecule is C/C=C/c1ccc(Cl)cc1/C=C\CC.CC. The number of hydrogen-bond acceptors (Lipinski definition) is 0. The Morgan fingerprint density at radius 3 is 2.38 bits per heavy atom. The van der Waals surface area contributed by atoms with Crippen molar-refractivity contribution in [3.05, 3.63) is 46.5 Å². The van der Waals surface area contributed by atoms with Crippen LogP contribution in [0.25, 0.3) is 12.2 Å². The topological polar surface area (TPSA) is 0 Å². The molecule has 0 bridgehead atoms. The Morgan fingerprint density at radius 2 is 1.81 bits per heavy atom. The summed E-state index contributed by atoms with van der Waals surface area (Å²) in [5.74, 6) is 0. The Morgan fingerprint density at radius 1 is 1.12 bits per heavy atom. The van der Waals surface area contributed by atoms with Crippen LogP contribution in [0.4, 0.5) is 0 Å². The summed E-state index contributed by atoms with van der Waals surface area (Å²) < 4.78 is 0. The standard InChI is InChI=1S/C13H15Cl.C2H6/c1-3-5-7-12-10-13(14)9-8-11(12)6-4-2;1-2/h4-10H,3H2,1-2H3;1-2H3/b6-4+,7-5-;. The highest BCUT2D eigenvalue weighted by molar-refractivity contribution is 6.30. The highest BCUT2D eigenvalue weighted by Crippen LogP contribution is 2.19. The smallest absolute Gasteiger partial charge is 0.0412 e. The van der Waals surface area contributed by atoms with Crippen LogP contribution in [-0.2, 0) is 0 Å². The Kier molecular flexibility index (Phi) is 8.65. The Bertz CT molecular complexity index is 348. The second-order valence-corrected chi connectivity index (χ2v) is 3.52. The number of halogens is 1. The minimum absolute atomic E-state index is 0.786. The first-order valence-electron chi connectivity index (χ1n) is 5.86. The van der Waals surface area contributed by atoms with E-state index in [1.54, 1.807) is 0 Å². The van der Waals surface area contributed by atoms with E-state index in [0.717, 1.165) is 11.4 Å². The zero-order chi connectivity index (χ0) is 12.4. The van der Waals surface area contributed by atoms with E-state index in [4.69, 9.17) is 11.6 Å². The van der Waals surface area contributed by atoms with E-state index >= 15 is 0 Å². The largest absolute Gasteiger partial charge is 0.0870 e. The summed E-state index contributed by atoms with van der Waals surface area (Å²) >= 11 is 5.94. The van der Waals surface area contributed by atoms with Gasteiger partial charge in [-0.3, -0.25) is 0 Å². The van der Waals surface area contributed by atoms with Crippen molar-refractivity contribution in [2.45, 2.75) is 34.1 Å². The zero-order valence-corrected chi connectivity index (χ0v) is 11.4. The van der Waals surface area contributed by atoms with Crippen molar-refractivity contribution in [1.82, 2.24) is 0 Å². The van der Waals surface area contributed by atoms with Crippen molar-refractivity contribution in [1.29, 1.82) is 0 Å². The molecule has 0 aliphatic rings. The molecule has 16 heavy (non-hydrogen) atoms. The molecule has 0 aliphatic carbocycles. The van der Waals surface area contributed by atoms with E-state index in [0.29, 0.717) is 0 Å². The summed E-state index contributed by atoms with van der Waals surface area (Å²) in [6, 6.07) is 5.95. The lowest BCUT2D eigenvalue weighted by atomic mass is 10.1. The molecule has 0 fully saturated rings. The van der Waals surface area contributed by atoms with Gasteiger partial charge in [-0.15, -0.1) is 0 Å². The molecular formula is C15H21Cl. The quantitative estimate of drug-likeness (QED) is 0.620. The predicted molar refractivity (Wildman–Crippen MR) is 76.8 cm³/mol. The molecule has 0 heterocycles. The summed E-state index contributed by atoms with van der Waals surface area (Å²) in [5.41, 5.74) is 2.39. The summed E-state index contributed by atoms with van der Waals surface area (Å²) in [6.45, 7) is 8.14. The van der Waals surface area contributed by atoms with Crippen molar-refractivity contribution in [3.63, 3.8) is 0 Å². The lowest BCUT2D eigenvalue weighted by Crippen LogP contribution is -1.80. The maximum absolute atomic E-state index is 5.94. The van der Waals surface area contributed by atoms with Crippen LogP contribution in [-0.4, -0.2) is 0 Å². The van der Waals surface area contributed by atoms with Crippen LogP contribution in [0.2, 0.25) is 5.02 Å². The van der Waals surface area contributed by atoms with Crippen molar-refractivity contribution < 1.29 is 0 Å². The molecule has 1 rings (SSSR count). The van der Waals surface area contributed by atoms with E-state index < -0.39 is 0 Å². The fourth-order valence-electron chi connectivity index (χ4n) is 1.27. The molecule has 0 saturated heterocycles. The van der Waals surface area contributed by atoms with E-state index in [2.05, 4.69) is 25.2 Å². The van der Waals surface area contributed by atoms with Gasteiger partial charge in [-0.1, -0.05) is 62.7 Å². The molecule has 0 saturated carbocycles. The van der Waals surface area contributed by atoms with E-state index in [-0.39, 0.29) is 0 Å². The molecule has 0 radical (unpaired) electrons. The molecule has 0 aliphatic heterocycles. The van der Waals surface area contributed by atoms with E-state index in [1.807, 2.05) is 45.0 Å². The number of benzene rings is 1. The summed E-state index contributed by atoms with van der Waals surface area (Å²) in [6.07, 6.45) is 9.42. The van der Waals surface area contributed by atoms with E-state index in [9.17, 15) is 0 Å². The maximum atomic E-state index is 5.94. The minimum Gasteiger partial charge on any atom is -0.0870 e. The highest BCUT2D eigenvalue weighted by atomic mass is 35.5. The normalized spacial score (nSPS) is 10.6. The maximum Gasteiger partial charge on any atom is 0.0412 e. The van der Waals surface area contributed by atoms with Gasteiger partial charge in [0.1, 0.15) is 0 Å². The molecule has 0 aromatic heterocycles. The number of allylic oxidation sites excluding steroid dienone is 2. The van der Waals surface area contributed by atoms with Crippen LogP contribution in [0, 0.1) is 0 Å². The van der Waals surface area contributed by atoms with Crippen LogP contribution in [0.15, 0.2) is 30.4 Å². The first kappa shape index (κ1) is 15.0. The molecule has 0 amide bonds. The zero-order valence-electron chi connectivity index (χ0n) is 10.6. The van der Waals surface area contributed by atoms with Crippen molar-refractivity contribution in [2.75, 3.05) is 0 Å². The molecule has 88 valence electrons. The van der Waals surface area contributed by atoms with Gasteiger partial charge < -0.3 is 0 Å². The van der Waals surface area contributed by atoms with Crippen LogP contribution >= 0.6 is 11.6 Å². The molecule has 1 heteroatoms. The Hall–Kier alpha value is -1.01. The van der Waals surface area contributed by atoms with Gasteiger partial charge in [0, 0.05) is 5.02 Å². The third kappa shape index (κ3) is 5.18. The molecule has 0 atom stereocenters. The molecule has 0 unspecified atom stereocenters. The lowest BCUT2D eigenvalue weighted by Gasteiger charge is -2.01. The first-order chi connectivity index (χ1) is 7.77. The van der Waals surface area contributed by atoms with Crippen molar-refractivity contribution >= 4 is 23.8 Å². The monoisotopic (exact) mass is 236 g/mol. The summed E-state index contributed by atoms with van der Waals surface area (Å²) in [4.78, 5) is 0. The highest BCUT2D eigenvalue weighted by Gasteiger charge is 1.96. The molecule has 0 spiro atoms. The molecule has 1 aromatic carbocycles. The first-order valence-corrected chi connectivity index (χ1v) is 6.24. The summed E-state index contributed by atoms with van der Waals surface area (Å²) in [7, 11) is 0. The number of rotatable bonds is 3. The minimum atomic E-state index is 0.786. The lowest BCUT2D eigenvalue weighted by molar-refractivity contribution is 1.23. The van der Waals surface area contributed by atoms with Crippen LogP contribution in [0.1, 0.15) is 45.2 Å². The molecule has 1 aromatic rings. The molecular weight excluding hydrogens is 216 g/mol. The van der Waals surface area contributed by atoms with Gasteiger partial charge in [-0.2, -0.15) is 0 Å². The number of hydrogen-bond donors (Lipinski definition) is 0. The van der Waals surface area contributed by atoms with Crippen molar-refractivity contribution in [2.24, 2.45) is 0 Å². The van der Waals surface area contributed by atoms with Crippen LogP contribution < -0.4 is 0 Å². The van der Waals surface area contributed by atoms with Crippen molar-refractivity contribution in [3.8, 4) is 0 Å². The molecule has 0 N–H and O–H groups in total. The van der Waals surface area contributed by atoms with Crippen LogP contribution in [0.5, 0.6) is 0 Å². The fraction of sp³-hybridized carbons (Fsp3) is 0.333. The summed E-state index contributed by atoms with van der Waals surface area (Å²) in [5, 5.41) is 0.786. The Labute approximate surface area is 105 Å². The van der Waals surface area contributed by atoms with Crippen LogP contribution in [0.3, 0.4) is 0 Å². The predicted octanol–water partition coefficient (Wildman–Crippen LogP) is 5.82. The van der Waals surface area contributed by atoms with Gasteiger partial charge in [0.2, 0.25) is 0 Å². The second kappa shape index (κ2) is 9.23. The third-order valence-corrected chi connectivity index (χ3v) is 2.16. The fourth-order valence-corrected chi connectivity index (χ4v) is 1.45.